The van der Waals surface area contributed by atoms with Gasteiger partial charge in [-0.15, -0.1) is 0 Å². The molecule has 3 aromatic carbocycles. The molecule has 0 spiro atoms. The summed E-state index contributed by atoms with van der Waals surface area (Å²) in [6, 6.07) is 18.3. The number of thioether (sulfide) groups is 1. The van der Waals surface area contributed by atoms with Crippen LogP contribution in [0.25, 0.3) is 6.08 Å². The van der Waals surface area contributed by atoms with E-state index < -0.39 is 11.8 Å². The van der Waals surface area contributed by atoms with Crippen LogP contribution in [-0.4, -0.2) is 27.8 Å². The summed E-state index contributed by atoms with van der Waals surface area (Å²) in [6.07, 6.45) is 1.70. The lowest BCUT2D eigenvalue weighted by atomic mass is 10.1. The van der Waals surface area contributed by atoms with E-state index in [1.54, 1.807) is 36.4 Å². The number of nitrogens with one attached hydrogen (secondary N) is 1. The van der Waals surface area contributed by atoms with Crippen LogP contribution in [0.3, 0.4) is 0 Å². The van der Waals surface area contributed by atoms with Crippen LogP contribution in [0, 0.1) is 0 Å². The molecule has 0 atom stereocenters. The highest BCUT2D eigenvalue weighted by atomic mass is 79.9. The quantitative estimate of drug-likeness (QED) is 0.192. The number of rotatable bonds is 8. The lowest BCUT2D eigenvalue weighted by Gasteiger charge is -2.16. The third-order valence-corrected chi connectivity index (χ3v) is 7.93. The molecule has 6 nitrogen and oxygen atoms in total. The maximum Gasteiger partial charge on any atom is 0.285 e. The minimum atomic E-state index is -0.432. The first-order valence-electron chi connectivity index (χ1n) is 10.9. The predicted octanol–water partition coefficient (Wildman–Crippen LogP) is 7.50. The highest BCUT2D eigenvalue weighted by Crippen LogP contribution is 2.39. The van der Waals surface area contributed by atoms with Gasteiger partial charge in [0.1, 0.15) is 6.61 Å². The summed E-state index contributed by atoms with van der Waals surface area (Å²) in [6.45, 7) is 2.68. The zero-order valence-corrected chi connectivity index (χ0v) is 25.7. The van der Waals surface area contributed by atoms with E-state index in [-0.39, 0.29) is 4.32 Å². The number of nitrogens with zero attached hydrogens (tertiary/aromatic N) is 1. The van der Waals surface area contributed by atoms with E-state index in [2.05, 4.69) is 53.2 Å². The summed E-state index contributed by atoms with van der Waals surface area (Å²) in [4.78, 5) is 26.0. The van der Waals surface area contributed by atoms with E-state index in [4.69, 9.17) is 21.7 Å². The van der Waals surface area contributed by atoms with Gasteiger partial charge in [-0.2, -0.15) is 5.01 Å². The standard InChI is InChI=1S/C26H19Br3N2O4S2/c1-2-34-21-12-16(11-20(29)23(21)35-14-15-4-3-5-19(28)10-15)13-22-25(33)31(26(36)37-22)30-24(32)17-6-8-18(27)9-7-17/h3-13H,2,14H2,1H3,(H,30,32)/b22-13+. The smallest absolute Gasteiger partial charge is 0.285 e. The summed E-state index contributed by atoms with van der Waals surface area (Å²) in [5, 5.41) is 1.09. The van der Waals surface area contributed by atoms with Crippen molar-refractivity contribution >= 4 is 94.0 Å². The first kappa shape index (κ1) is 27.8. The predicted molar refractivity (Wildman–Crippen MR) is 160 cm³/mol. The Labute approximate surface area is 249 Å². The van der Waals surface area contributed by atoms with E-state index in [1.807, 2.05) is 37.3 Å². The van der Waals surface area contributed by atoms with Crippen LogP contribution in [0.1, 0.15) is 28.4 Å². The summed E-state index contributed by atoms with van der Waals surface area (Å²) < 4.78 is 14.6. The molecule has 1 aliphatic rings. The molecule has 190 valence electrons. The molecule has 2 amide bonds. The first-order valence-corrected chi connectivity index (χ1v) is 14.5. The zero-order chi connectivity index (χ0) is 26.5. The van der Waals surface area contributed by atoms with Gasteiger partial charge in [0, 0.05) is 14.5 Å². The molecule has 1 aliphatic heterocycles. The van der Waals surface area contributed by atoms with Gasteiger partial charge in [0.05, 0.1) is 16.0 Å². The number of hydrogen-bond donors (Lipinski definition) is 1. The Bertz CT molecular complexity index is 1400. The van der Waals surface area contributed by atoms with Crippen molar-refractivity contribution in [2.75, 3.05) is 6.61 Å². The summed E-state index contributed by atoms with van der Waals surface area (Å²) in [7, 11) is 0. The molecule has 1 heterocycles. The highest BCUT2D eigenvalue weighted by Gasteiger charge is 2.34. The molecule has 1 fully saturated rings. The summed E-state index contributed by atoms with van der Waals surface area (Å²) in [5.74, 6) is 0.258. The molecule has 3 aromatic rings. The Morgan fingerprint density at radius 3 is 2.51 bits per heavy atom. The SMILES string of the molecule is CCOc1cc(/C=C2/SC(=S)N(NC(=O)c3ccc(Br)cc3)C2=O)cc(Br)c1OCc1cccc(Br)c1. The average molecular weight is 727 g/mol. The van der Waals surface area contributed by atoms with Gasteiger partial charge >= 0.3 is 0 Å². The lowest BCUT2D eigenvalue weighted by Crippen LogP contribution is -2.44. The number of hydrazine groups is 1. The van der Waals surface area contributed by atoms with Gasteiger partial charge in [0.25, 0.3) is 11.8 Å². The number of halogens is 3. The Hall–Kier alpha value is -2.18. The summed E-state index contributed by atoms with van der Waals surface area (Å²) in [5.41, 5.74) is 4.71. The average Bonchev–Trinajstić information content (AvgIpc) is 3.11. The van der Waals surface area contributed by atoms with Crippen molar-refractivity contribution in [1.82, 2.24) is 10.4 Å². The molecule has 0 aromatic heterocycles. The Balaban J connectivity index is 1.53. The number of benzene rings is 3. The molecule has 1 N–H and O–H groups in total. The number of carbonyl (C=O) groups is 2. The largest absolute Gasteiger partial charge is 0.490 e. The van der Waals surface area contributed by atoms with E-state index in [0.29, 0.717) is 45.2 Å². The monoisotopic (exact) mass is 724 g/mol. The van der Waals surface area contributed by atoms with Gasteiger partial charge in [-0.05, 0) is 101 Å². The second-order valence-corrected chi connectivity index (χ2v) is 12.0. The van der Waals surface area contributed by atoms with E-state index in [1.165, 1.54) is 0 Å². The highest BCUT2D eigenvalue weighted by molar-refractivity contribution is 9.11. The van der Waals surface area contributed by atoms with Crippen LogP contribution in [0.5, 0.6) is 11.5 Å². The topological polar surface area (TPSA) is 67.9 Å². The molecule has 0 saturated carbocycles. The summed E-state index contributed by atoms with van der Waals surface area (Å²) >= 11 is 16.8. The molecule has 37 heavy (non-hydrogen) atoms. The van der Waals surface area contributed by atoms with Gasteiger partial charge in [0.15, 0.2) is 15.8 Å². The first-order chi connectivity index (χ1) is 17.7. The number of thiocarbonyl (C=S) groups is 1. The van der Waals surface area contributed by atoms with Crippen molar-refractivity contribution in [2.24, 2.45) is 0 Å². The number of hydrogen-bond acceptors (Lipinski definition) is 6. The van der Waals surface area contributed by atoms with Crippen LogP contribution in [-0.2, 0) is 11.4 Å². The van der Waals surface area contributed by atoms with Crippen LogP contribution in [0.2, 0.25) is 0 Å². The number of carbonyl (C=O) groups excluding carboxylic acids is 2. The number of amides is 2. The van der Waals surface area contributed by atoms with Crippen LogP contribution in [0.15, 0.2) is 79.0 Å². The second-order valence-electron chi connectivity index (χ2n) is 7.65. The third kappa shape index (κ3) is 7.02. The molecule has 4 rings (SSSR count). The minimum absolute atomic E-state index is 0.236. The van der Waals surface area contributed by atoms with Gasteiger partial charge in [-0.1, -0.05) is 55.8 Å². The van der Waals surface area contributed by atoms with E-state index in [9.17, 15) is 9.59 Å². The van der Waals surface area contributed by atoms with Crippen molar-refractivity contribution in [3.05, 3.63) is 95.7 Å². The van der Waals surface area contributed by atoms with Crippen molar-refractivity contribution in [1.29, 1.82) is 0 Å². The fourth-order valence-corrected chi connectivity index (χ4v) is 5.80. The third-order valence-electron chi connectivity index (χ3n) is 5.02. The molecule has 0 aliphatic carbocycles. The Morgan fingerprint density at radius 1 is 1.05 bits per heavy atom. The van der Waals surface area contributed by atoms with Crippen molar-refractivity contribution in [3.8, 4) is 11.5 Å². The Morgan fingerprint density at radius 2 is 1.81 bits per heavy atom. The fraction of sp³-hybridized carbons (Fsp3) is 0.115. The van der Waals surface area contributed by atoms with Gasteiger partial charge in [-0.3, -0.25) is 15.0 Å². The van der Waals surface area contributed by atoms with Gasteiger partial charge in [0.2, 0.25) is 0 Å². The molecule has 0 radical (unpaired) electrons. The van der Waals surface area contributed by atoms with Gasteiger partial charge in [-0.25, -0.2) is 0 Å². The normalized spacial score (nSPS) is 14.3. The van der Waals surface area contributed by atoms with Crippen molar-refractivity contribution < 1.29 is 19.1 Å². The molecular weight excluding hydrogens is 708 g/mol. The number of ether oxygens (including phenoxy) is 2. The Kier molecular flexibility index (Phi) is 9.46. The molecule has 11 heteroatoms. The molecule has 1 saturated heterocycles. The van der Waals surface area contributed by atoms with Crippen LogP contribution < -0.4 is 14.9 Å². The minimum Gasteiger partial charge on any atom is -0.490 e. The van der Waals surface area contributed by atoms with Gasteiger partial charge < -0.3 is 9.47 Å². The van der Waals surface area contributed by atoms with Crippen molar-refractivity contribution in [2.45, 2.75) is 13.5 Å². The molecular formula is C26H19Br3N2O4S2. The molecule has 0 unspecified atom stereocenters. The zero-order valence-electron chi connectivity index (χ0n) is 19.3. The van der Waals surface area contributed by atoms with Crippen LogP contribution >= 0.6 is 71.8 Å². The van der Waals surface area contributed by atoms with Crippen LogP contribution in [0.4, 0.5) is 0 Å². The second kappa shape index (κ2) is 12.6. The fourth-order valence-electron chi connectivity index (χ4n) is 3.34. The maximum atomic E-state index is 13.0. The van der Waals surface area contributed by atoms with E-state index >= 15 is 0 Å². The maximum absolute atomic E-state index is 13.0. The van der Waals surface area contributed by atoms with E-state index in [0.717, 1.165) is 31.3 Å². The van der Waals surface area contributed by atoms with Crippen molar-refractivity contribution in [3.63, 3.8) is 0 Å². The molecule has 0 bridgehead atoms. The lowest BCUT2D eigenvalue weighted by molar-refractivity contribution is -0.123.